The van der Waals surface area contributed by atoms with Gasteiger partial charge in [0, 0.05) is 12.1 Å². The second-order valence-corrected chi connectivity index (χ2v) is 6.37. The van der Waals surface area contributed by atoms with Gasteiger partial charge in [0.1, 0.15) is 0 Å². The predicted octanol–water partition coefficient (Wildman–Crippen LogP) is 3.67. The molecule has 0 bridgehead atoms. The Morgan fingerprint density at radius 3 is 2.53 bits per heavy atom. The van der Waals surface area contributed by atoms with Crippen LogP contribution in [0.4, 0.5) is 0 Å². The Labute approximate surface area is 116 Å². The molecule has 2 heteroatoms. The number of hydrogen-bond acceptors (Lipinski definition) is 2. The minimum absolute atomic E-state index is 0.229. The molecule has 1 saturated carbocycles. The van der Waals surface area contributed by atoms with Crippen LogP contribution >= 0.6 is 0 Å². The zero-order chi connectivity index (χ0) is 13.3. The Bertz CT molecular complexity index is 439. The molecule has 1 aromatic carbocycles. The third-order valence-electron chi connectivity index (χ3n) is 4.94. The molecule has 1 atom stereocenters. The van der Waals surface area contributed by atoms with Gasteiger partial charge in [-0.1, -0.05) is 37.5 Å². The standard InChI is InChI=1S/C17H25NO/c1-13-6-7-15(10-14(13)2)16-11-18-17(12-19-16)8-4-3-5-9-17/h6-7,10,16,18H,3-5,8-9,11-12H2,1-2H3. The van der Waals surface area contributed by atoms with Crippen LogP contribution < -0.4 is 5.32 Å². The predicted molar refractivity (Wildman–Crippen MR) is 78.4 cm³/mol. The molecule has 1 aliphatic heterocycles. The second kappa shape index (κ2) is 5.26. The summed E-state index contributed by atoms with van der Waals surface area (Å²) in [6.07, 6.45) is 6.89. The molecule has 1 unspecified atom stereocenters. The summed E-state index contributed by atoms with van der Waals surface area (Å²) >= 11 is 0. The van der Waals surface area contributed by atoms with Crippen LogP contribution in [-0.4, -0.2) is 18.7 Å². The van der Waals surface area contributed by atoms with Crippen LogP contribution in [0.1, 0.15) is 54.9 Å². The number of aryl methyl sites for hydroxylation is 2. The van der Waals surface area contributed by atoms with Crippen LogP contribution in [0.3, 0.4) is 0 Å². The first-order chi connectivity index (χ1) is 9.19. The van der Waals surface area contributed by atoms with Gasteiger partial charge in [-0.25, -0.2) is 0 Å². The summed E-state index contributed by atoms with van der Waals surface area (Å²) in [5, 5.41) is 3.79. The van der Waals surface area contributed by atoms with Crippen molar-refractivity contribution in [2.75, 3.05) is 13.2 Å². The molecule has 1 N–H and O–H groups in total. The molecule has 1 spiro atoms. The fourth-order valence-corrected chi connectivity index (χ4v) is 3.41. The minimum atomic E-state index is 0.229. The van der Waals surface area contributed by atoms with E-state index in [9.17, 15) is 0 Å². The van der Waals surface area contributed by atoms with Gasteiger partial charge in [-0.2, -0.15) is 0 Å². The highest BCUT2D eigenvalue weighted by Crippen LogP contribution is 2.34. The van der Waals surface area contributed by atoms with Crippen molar-refractivity contribution in [3.05, 3.63) is 34.9 Å². The van der Waals surface area contributed by atoms with E-state index in [0.717, 1.165) is 13.2 Å². The Morgan fingerprint density at radius 2 is 1.89 bits per heavy atom. The highest BCUT2D eigenvalue weighted by Gasteiger charge is 2.36. The Morgan fingerprint density at radius 1 is 1.11 bits per heavy atom. The maximum atomic E-state index is 6.19. The SMILES string of the molecule is Cc1ccc(C2CNC3(CCCCC3)CO2)cc1C. The Kier molecular flexibility index (Phi) is 3.64. The van der Waals surface area contributed by atoms with Crippen molar-refractivity contribution in [1.29, 1.82) is 0 Å². The lowest BCUT2D eigenvalue weighted by Crippen LogP contribution is -2.55. The number of nitrogens with one attached hydrogen (secondary N) is 1. The maximum absolute atomic E-state index is 6.19. The van der Waals surface area contributed by atoms with Crippen molar-refractivity contribution in [2.24, 2.45) is 0 Å². The van der Waals surface area contributed by atoms with Gasteiger partial charge in [-0.15, -0.1) is 0 Å². The van der Waals surface area contributed by atoms with E-state index in [1.807, 2.05) is 0 Å². The maximum Gasteiger partial charge on any atom is 0.0950 e. The number of morpholine rings is 1. The molecule has 0 radical (unpaired) electrons. The molecular weight excluding hydrogens is 234 g/mol. The van der Waals surface area contributed by atoms with Crippen LogP contribution in [0, 0.1) is 13.8 Å². The van der Waals surface area contributed by atoms with Gasteiger partial charge in [-0.3, -0.25) is 0 Å². The van der Waals surface area contributed by atoms with E-state index in [1.54, 1.807) is 0 Å². The summed E-state index contributed by atoms with van der Waals surface area (Å²) in [6.45, 7) is 6.18. The van der Waals surface area contributed by atoms with Gasteiger partial charge in [-0.05, 0) is 43.4 Å². The van der Waals surface area contributed by atoms with Crippen LogP contribution in [0.2, 0.25) is 0 Å². The molecule has 1 aliphatic carbocycles. The molecule has 3 rings (SSSR count). The van der Waals surface area contributed by atoms with E-state index in [2.05, 4.69) is 37.4 Å². The topological polar surface area (TPSA) is 21.3 Å². The molecule has 0 amide bonds. The minimum Gasteiger partial charge on any atom is -0.370 e. The van der Waals surface area contributed by atoms with Gasteiger partial charge in [0.15, 0.2) is 0 Å². The number of ether oxygens (including phenoxy) is 1. The molecule has 0 aromatic heterocycles. The lowest BCUT2D eigenvalue weighted by molar-refractivity contribution is -0.0467. The molecule has 1 heterocycles. The first-order valence-electron chi connectivity index (χ1n) is 7.62. The molecule has 2 fully saturated rings. The largest absolute Gasteiger partial charge is 0.370 e. The number of benzene rings is 1. The van der Waals surface area contributed by atoms with Crippen molar-refractivity contribution in [3.8, 4) is 0 Å². The zero-order valence-corrected chi connectivity index (χ0v) is 12.2. The van der Waals surface area contributed by atoms with E-state index in [-0.39, 0.29) is 11.6 Å². The van der Waals surface area contributed by atoms with Crippen molar-refractivity contribution < 1.29 is 4.74 Å². The highest BCUT2D eigenvalue weighted by atomic mass is 16.5. The average molecular weight is 259 g/mol. The van der Waals surface area contributed by atoms with E-state index in [1.165, 1.54) is 48.8 Å². The molecular formula is C17H25NO. The second-order valence-electron chi connectivity index (χ2n) is 6.37. The molecule has 2 aliphatic rings. The average Bonchev–Trinajstić information content (AvgIpc) is 2.44. The quantitative estimate of drug-likeness (QED) is 0.831. The van der Waals surface area contributed by atoms with Crippen molar-refractivity contribution >= 4 is 0 Å². The van der Waals surface area contributed by atoms with Crippen LogP contribution in [0.15, 0.2) is 18.2 Å². The van der Waals surface area contributed by atoms with Crippen LogP contribution in [-0.2, 0) is 4.74 Å². The molecule has 104 valence electrons. The summed E-state index contributed by atoms with van der Waals surface area (Å²) in [7, 11) is 0. The lowest BCUT2D eigenvalue weighted by Gasteiger charge is -2.44. The van der Waals surface area contributed by atoms with Crippen molar-refractivity contribution in [3.63, 3.8) is 0 Å². The Hall–Kier alpha value is -0.860. The van der Waals surface area contributed by atoms with Gasteiger partial charge in [0.05, 0.1) is 12.7 Å². The normalized spacial score (nSPS) is 26.5. The smallest absolute Gasteiger partial charge is 0.0950 e. The monoisotopic (exact) mass is 259 g/mol. The highest BCUT2D eigenvalue weighted by molar-refractivity contribution is 5.31. The Balaban J connectivity index is 1.67. The van der Waals surface area contributed by atoms with Crippen molar-refractivity contribution in [1.82, 2.24) is 5.32 Å². The first-order valence-corrected chi connectivity index (χ1v) is 7.62. The summed E-state index contributed by atoms with van der Waals surface area (Å²) in [5.41, 5.74) is 4.32. The zero-order valence-electron chi connectivity index (χ0n) is 12.2. The molecule has 1 saturated heterocycles. The van der Waals surface area contributed by atoms with E-state index in [4.69, 9.17) is 4.74 Å². The van der Waals surface area contributed by atoms with E-state index in [0.29, 0.717) is 0 Å². The van der Waals surface area contributed by atoms with Crippen LogP contribution in [0.5, 0.6) is 0 Å². The summed E-state index contributed by atoms with van der Waals surface area (Å²) in [5.74, 6) is 0. The molecule has 1 aromatic rings. The van der Waals surface area contributed by atoms with Gasteiger partial charge < -0.3 is 10.1 Å². The van der Waals surface area contributed by atoms with Gasteiger partial charge in [0.2, 0.25) is 0 Å². The summed E-state index contributed by atoms with van der Waals surface area (Å²) < 4.78 is 6.19. The first kappa shape index (κ1) is 13.1. The number of rotatable bonds is 1. The fraction of sp³-hybridized carbons (Fsp3) is 0.647. The van der Waals surface area contributed by atoms with Crippen molar-refractivity contribution in [2.45, 2.75) is 57.6 Å². The summed E-state index contributed by atoms with van der Waals surface area (Å²) in [4.78, 5) is 0. The van der Waals surface area contributed by atoms with E-state index >= 15 is 0 Å². The van der Waals surface area contributed by atoms with Gasteiger partial charge in [0.25, 0.3) is 0 Å². The molecule has 2 nitrogen and oxygen atoms in total. The summed E-state index contributed by atoms with van der Waals surface area (Å²) in [6, 6.07) is 6.70. The fourth-order valence-electron chi connectivity index (χ4n) is 3.41. The third kappa shape index (κ3) is 2.70. The third-order valence-corrected chi connectivity index (χ3v) is 4.94. The number of hydrogen-bond donors (Lipinski definition) is 1. The molecule has 19 heavy (non-hydrogen) atoms. The van der Waals surface area contributed by atoms with Crippen LogP contribution in [0.25, 0.3) is 0 Å². The van der Waals surface area contributed by atoms with E-state index < -0.39 is 0 Å². The van der Waals surface area contributed by atoms with Gasteiger partial charge >= 0.3 is 0 Å². The lowest BCUT2D eigenvalue weighted by atomic mass is 9.81.